The van der Waals surface area contributed by atoms with Gasteiger partial charge in [-0.15, -0.1) is 0 Å². The Balaban J connectivity index is 1.78. The summed E-state index contributed by atoms with van der Waals surface area (Å²) in [6.45, 7) is 9.24. The molecule has 3 aromatic heterocycles. The molecule has 7 rings (SSSR count). The van der Waals surface area contributed by atoms with Crippen LogP contribution in [0.2, 0.25) is 0 Å². The van der Waals surface area contributed by atoms with Crippen LogP contribution < -0.4 is 0 Å². The first-order chi connectivity index (χ1) is 16.4. The molecule has 0 atom stereocenters. The molecule has 0 unspecified atom stereocenters. The number of hydrogen-bond acceptors (Lipinski definition) is 1. The molecule has 0 radical (unpaired) electrons. The third-order valence-corrected chi connectivity index (χ3v) is 8.27. The van der Waals surface area contributed by atoms with Crippen LogP contribution in [0, 0.1) is 12.8 Å². The van der Waals surface area contributed by atoms with Gasteiger partial charge < -0.3 is 4.40 Å². The fourth-order valence-electron chi connectivity index (χ4n) is 6.80. The van der Waals surface area contributed by atoms with Crippen LogP contribution in [0.15, 0.2) is 54.7 Å². The summed E-state index contributed by atoms with van der Waals surface area (Å²) in [7, 11) is 0. The van der Waals surface area contributed by atoms with Gasteiger partial charge in [0.25, 0.3) is 0 Å². The molecule has 3 heterocycles. The standard InChI is InChI=1S/C32H32N2/c1-19-15-24-29-28-21(13-14-33-29)18-22(17-20-9-5-6-10-20)27-23-11-7-8-12-26(23)34(31(27)28)30(24)25(16-19)32(2,3)4/h7-8,11-16,18,20H,5-6,9-10,17H2,1-4H3. The molecule has 0 saturated heterocycles. The number of rotatable bonds is 2. The summed E-state index contributed by atoms with van der Waals surface area (Å²) >= 11 is 0. The lowest BCUT2D eigenvalue weighted by atomic mass is 9.83. The zero-order chi connectivity index (χ0) is 23.2. The van der Waals surface area contributed by atoms with E-state index in [9.17, 15) is 0 Å². The average molecular weight is 445 g/mol. The molecule has 6 aromatic rings. The number of pyridine rings is 2. The van der Waals surface area contributed by atoms with Crippen molar-refractivity contribution in [1.29, 1.82) is 0 Å². The highest BCUT2D eigenvalue weighted by atomic mass is 14.9. The average Bonchev–Trinajstić information content (AvgIpc) is 3.44. The lowest BCUT2D eigenvalue weighted by Gasteiger charge is -2.24. The fourth-order valence-corrected chi connectivity index (χ4v) is 6.80. The van der Waals surface area contributed by atoms with Crippen LogP contribution in [0.5, 0.6) is 0 Å². The van der Waals surface area contributed by atoms with Crippen molar-refractivity contribution >= 4 is 49.0 Å². The number of aryl methyl sites for hydroxylation is 1. The van der Waals surface area contributed by atoms with Crippen molar-refractivity contribution in [3.05, 3.63) is 71.4 Å². The van der Waals surface area contributed by atoms with Crippen LogP contribution in [0.1, 0.15) is 63.1 Å². The van der Waals surface area contributed by atoms with Crippen molar-refractivity contribution in [2.24, 2.45) is 5.92 Å². The summed E-state index contributed by atoms with van der Waals surface area (Å²) in [5.74, 6) is 0.812. The maximum Gasteiger partial charge on any atom is 0.0822 e. The molecule has 1 fully saturated rings. The van der Waals surface area contributed by atoms with Crippen LogP contribution in [-0.2, 0) is 11.8 Å². The predicted molar refractivity (Wildman–Crippen MR) is 146 cm³/mol. The van der Waals surface area contributed by atoms with E-state index in [1.807, 2.05) is 6.20 Å². The molecule has 1 saturated carbocycles. The third-order valence-electron chi connectivity index (χ3n) is 8.27. The van der Waals surface area contributed by atoms with E-state index in [1.165, 1.54) is 92.3 Å². The van der Waals surface area contributed by atoms with Crippen molar-refractivity contribution in [3.8, 4) is 0 Å². The minimum Gasteiger partial charge on any atom is -0.308 e. The van der Waals surface area contributed by atoms with E-state index in [1.54, 1.807) is 0 Å². The lowest BCUT2D eigenvalue weighted by molar-refractivity contribution is 0.549. The van der Waals surface area contributed by atoms with Crippen LogP contribution in [0.4, 0.5) is 0 Å². The normalized spacial score (nSPS) is 15.8. The molecule has 0 spiro atoms. The van der Waals surface area contributed by atoms with Gasteiger partial charge in [0.05, 0.1) is 22.1 Å². The zero-order valence-corrected chi connectivity index (χ0v) is 20.7. The predicted octanol–water partition coefficient (Wildman–Crippen LogP) is 8.72. The monoisotopic (exact) mass is 444 g/mol. The van der Waals surface area contributed by atoms with E-state index in [-0.39, 0.29) is 5.41 Å². The van der Waals surface area contributed by atoms with Crippen molar-refractivity contribution < 1.29 is 0 Å². The number of benzene rings is 3. The van der Waals surface area contributed by atoms with Gasteiger partial charge >= 0.3 is 0 Å². The minimum atomic E-state index is 0.0284. The molecule has 3 aromatic carbocycles. The molecule has 170 valence electrons. The zero-order valence-electron chi connectivity index (χ0n) is 20.7. The molecule has 0 amide bonds. The van der Waals surface area contributed by atoms with E-state index in [4.69, 9.17) is 4.98 Å². The van der Waals surface area contributed by atoms with Gasteiger partial charge in [0.2, 0.25) is 0 Å². The van der Waals surface area contributed by atoms with Gasteiger partial charge in [-0.1, -0.05) is 82.3 Å². The summed E-state index contributed by atoms with van der Waals surface area (Å²) in [6.07, 6.45) is 8.72. The number of para-hydroxylation sites is 1. The van der Waals surface area contributed by atoms with Crippen LogP contribution in [0.25, 0.3) is 49.0 Å². The molecule has 0 bridgehead atoms. The maximum absolute atomic E-state index is 5.02. The van der Waals surface area contributed by atoms with Crippen molar-refractivity contribution in [1.82, 2.24) is 9.38 Å². The minimum absolute atomic E-state index is 0.0284. The Morgan fingerprint density at radius 1 is 0.912 bits per heavy atom. The molecule has 1 aliphatic carbocycles. The van der Waals surface area contributed by atoms with E-state index in [2.05, 4.69) is 80.6 Å². The Hall–Kier alpha value is -3.13. The van der Waals surface area contributed by atoms with Crippen LogP contribution in [0.3, 0.4) is 0 Å². The Bertz CT molecular complexity index is 1720. The summed E-state index contributed by atoms with van der Waals surface area (Å²) < 4.78 is 2.59. The molecule has 2 nitrogen and oxygen atoms in total. The van der Waals surface area contributed by atoms with E-state index in [0.29, 0.717) is 0 Å². The van der Waals surface area contributed by atoms with Crippen LogP contribution >= 0.6 is 0 Å². The van der Waals surface area contributed by atoms with Gasteiger partial charge in [-0.05, 0) is 59.4 Å². The quantitative estimate of drug-likeness (QED) is 0.193. The number of fused-ring (bicyclic) bond motifs is 6. The highest BCUT2D eigenvalue weighted by Crippen LogP contribution is 2.45. The molecular weight excluding hydrogens is 412 g/mol. The fraction of sp³-hybridized carbons (Fsp3) is 0.344. The van der Waals surface area contributed by atoms with Crippen molar-refractivity contribution in [3.63, 3.8) is 0 Å². The highest BCUT2D eigenvalue weighted by molar-refractivity contribution is 6.28. The summed E-state index contributed by atoms with van der Waals surface area (Å²) in [5.41, 5.74) is 9.42. The maximum atomic E-state index is 5.02. The van der Waals surface area contributed by atoms with Gasteiger partial charge in [0, 0.05) is 27.7 Å². The number of aromatic nitrogens is 2. The molecule has 2 heteroatoms. The molecule has 0 aliphatic heterocycles. The second kappa shape index (κ2) is 6.95. The van der Waals surface area contributed by atoms with Crippen molar-refractivity contribution in [2.75, 3.05) is 0 Å². The van der Waals surface area contributed by atoms with E-state index in [0.717, 1.165) is 11.4 Å². The molecule has 1 aliphatic rings. The summed E-state index contributed by atoms with van der Waals surface area (Å²) in [6, 6.07) is 18.5. The number of hydrogen-bond donors (Lipinski definition) is 0. The first-order valence-corrected chi connectivity index (χ1v) is 12.9. The highest BCUT2D eigenvalue weighted by Gasteiger charge is 2.27. The van der Waals surface area contributed by atoms with E-state index < -0.39 is 0 Å². The summed E-state index contributed by atoms with van der Waals surface area (Å²) in [4.78, 5) is 5.02. The van der Waals surface area contributed by atoms with Gasteiger partial charge in [-0.3, -0.25) is 4.98 Å². The Morgan fingerprint density at radius 3 is 2.50 bits per heavy atom. The lowest BCUT2D eigenvalue weighted by Crippen LogP contribution is -2.14. The molecule has 34 heavy (non-hydrogen) atoms. The van der Waals surface area contributed by atoms with Gasteiger partial charge in [0.1, 0.15) is 0 Å². The first-order valence-electron chi connectivity index (χ1n) is 12.9. The van der Waals surface area contributed by atoms with E-state index >= 15 is 0 Å². The third kappa shape index (κ3) is 2.72. The Kier molecular flexibility index (Phi) is 4.14. The van der Waals surface area contributed by atoms with Gasteiger partial charge in [-0.25, -0.2) is 0 Å². The Labute approximate surface area is 200 Å². The summed E-state index contributed by atoms with van der Waals surface area (Å²) in [5, 5.41) is 6.76. The van der Waals surface area contributed by atoms with Gasteiger partial charge in [0.15, 0.2) is 0 Å². The van der Waals surface area contributed by atoms with Crippen molar-refractivity contribution in [2.45, 2.75) is 65.2 Å². The smallest absolute Gasteiger partial charge is 0.0822 e. The first kappa shape index (κ1) is 20.3. The Morgan fingerprint density at radius 2 is 1.71 bits per heavy atom. The SMILES string of the molecule is Cc1cc(C(C)(C)C)c2c(c1)c1nccc3cc(CC4CCCC4)c4c5ccccc5n2c4c31. The van der Waals surface area contributed by atoms with Crippen LogP contribution in [-0.4, -0.2) is 9.38 Å². The van der Waals surface area contributed by atoms with Gasteiger partial charge in [-0.2, -0.15) is 0 Å². The number of nitrogens with zero attached hydrogens (tertiary/aromatic N) is 2. The molecule has 0 N–H and O–H groups in total. The second-order valence-electron chi connectivity index (χ2n) is 11.7. The largest absolute Gasteiger partial charge is 0.308 e. The topological polar surface area (TPSA) is 17.3 Å². The second-order valence-corrected chi connectivity index (χ2v) is 11.7. The molecular formula is C32H32N2.